The third-order valence-corrected chi connectivity index (χ3v) is 2.99. The molecule has 0 fully saturated rings. The fraction of sp³-hybridized carbons (Fsp3) is 0.333. The van der Waals surface area contributed by atoms with Crippen molar-refractivity contribution in [3.8, 4) is 5.75 Å². The molecule has 2 aromatic carbocycles. The standard InChI is InChI=1S/C15H17O/c1-2-3-4-6-12-7-5-8-13-11-14(16)9-10-15(12)13/h5,7-11H,2-4,6H2,1H3. The lowest BCUT2D eigenvalue weighted by Crippen LogP contribution is -1.87. The molecular weight excluding hydrogens is 196 g/mol. The Hall–Kier alpha value is -1.50. The van der Waals surface area contributed by atoms with Crippen LogP contribution in [-0.4, -0.2) is 0 Å². The Labute approximate surface area is 96.7 Å². The second kappa shape index (κ2) is 5.02. The third-order valence-electron chi connectivity index (χ3n) is 2.99. The van der Waals surface area contributed by atoms with Gasteiger partial charge in [0.1, 0.15) is 0 Å². The van der Waals surface area contributed by atoms with Crippen molar-refractivity contribution in [2.45, 2.75) is 32.6 Å². The van der Waals surface area contributed by atoms with Crippen molar-refractivity contribution in [2.75, 3.05) is 0 Å². The summed E-state index contributed by atoms with van der Waals surface area (Å²) in [7, 11) is 0. The molecule has 83 valence electrons. The van der Waals surface area contributed by atoms with E-state index >= 15 is 0 Å². The van der Waals surface area contributed by atoms with Gasteiger partial charge in [-0.25, -0.2) is 0 Å². The number of aryl methyl sites for hydroxylation is 1. The Balaban J connectivity index is 2.30. The number of hydrogen-bond donors (Lipinski definition) is 0. The van der Waals surface area contributed by atoms with E-state index in [4.69, 9.17) is 0 Å². The molecule has 0 atom stereocenters. The monoisotopic (exact) mass is 213 g/mol. The molecule has 0 bridgehead atoms. The number of hydrogen-bond acceptors (Lipinski definition) is 0. The van der Waals surface area contributed by atoms with Gasteiger partial charge in [-0.05, 0) is 41.3 Å². The van der Waals surface area contributed by atoms with E-state index in [1.165, 1.54) is 30.2 Å². The minimum absolute atomic E-state index is 0.0956. The minimum atomic E-state index is 0.0956. The quantitative estimate of drug-likeness (QED) is 0.655. The van der Waals surface area contributed by atoms with Gasteiger partial charge in [-0.1, -0.05) is 44.0 Å². The molecule has 0 saturated heterocycles. The summed E-state index contributed by atoms with van der Waals surface area (Å²) in [5.41, 5.74) is 1.37. The molecule has 0 aromatic heterocycles. The molecule has 0 heterocycles. The number of benzene rings is 2. The number of fused-ring (bicyclic) bond motifs is 1. The van der Waals surface area contributed by atoms with Gasteiger partial charge in [-0.15, -0.1) is 0 Å². The Morgan fingerprint density at radius 1 is 1.06 bits per heavy atom. The first-order chi connectivity index (χ1) is 7.81. The maximum absolute atomic E-state index is 11.3. The molecule has 0 spiro atoms. The summed E-state index contributed by atoms with van der Waals surface area (Å²) in [5.74, 6) is 0.0956. The molecule has 1 radical (unpaired) electrons. The molecule has 0 aliphatic heterocycles. The van der Waals surface area contributed by atoms with Crippen LogP contribution < -0.4 is 0 Å². The summed E-state index contributed by atoms with van der Waals surface area (Å²) in [6.45, 7) is 2.22. The van der Waals surface area contributed by atoms with E-state index in [0.29, 0.717) is 0 Å². The van der Waals surface area contributed by atoms with E-state index in [-0.39, 0.29) is 5.75 Å². The Kier molecular flexibility index (Phi) is 3.45. The molecule has 1 nitrogen and oxygen atoms in total. The van der Waals surface area contributed by atoms with Crippen LogP contribution >= 0.6 is 0 Å². The lowest BCUT2D eigenvalue weighted by molar-refractivity contribution is 0.355. The highest BCUT2D eigenvalue weighted by molar-refractivity contribution is 5.86. The fourth-order valence-electron chi connectivity index (χ4n) is 2.11. The maximum Gasteiger partial charge on any atom is 0.179 e. The van der Waals surface area contributed by atoms with Crippen LogP contribution in [-0.2, 0) is 11.5 Å². The van der Waals surface area contributed by atoms with Gasteiger partial charge < -0.3 is 0 Å². The number of rotatable bonds is 4. The van der Waals surface area contributed by atoms with E-state index < -0.39 is 0 Å². The van der Waals surface area contributed by atoms with Crippen LogP contribution in [0.15, 0.2) is 36.4 Å². The zero-order valence-electron chi connectivity index (χ0n) is 9.70. The van der Waals surface area contributed by atoms with E-state index in [9.17, 15) is 5.11 Å². The Morgan fingerprint density at radius 3 is 2.75 bits per heavy atom. The molecule has 1 heteroatoms. The first-order valence-corrected chi connectivity index (χ1v) is 6.00. The molecule has 0 saturated carbocycles. The zero-order chi connectivity index (χ0) is 11.4. The molecule has 0 aliphatic carbocycles. The van der Waals surface area contributed by atoms with Gasteiger partial charge in [0, 0.05) is 0 Å². The van der Waals surface area contributed by atoms with Gasteiger partial charge in [-0.3, -0.25) is 5.11 Å². The van der Waals surface area contributed by atoms with Gasteiger partial charge >= 0.3 is 0 Å². The van der Waals surface area contributed by atoms with Crippen LogP contribution in [0.1, 0.15) is 31.7 Å². The summed E-state index contributed by atoms with van der Waals surface area (Å²) < 4.78 is 0. The van der Waals surface area contributed by atoms with E-state index in [0.717, 1.165) is 11.8 Å². The Morgan fingerprint density at radius 2 is 1.94 bits per heavy atom. The van der Waals surface area contributed by atoms with Crippen molar-refractivity contribution in [3.63, 3.8) is 0 Å². The third kappa shape index (κ3) is 2.35. The lowest BCUT2D eigenvalue weighted by Gasteiger charge is -2.06. The SMILES string of the molecule is CCCCCc1cccc2cc([O])ccc12. The second-order valence-corrected chi connectivity index (χ2v) is 4.26. The van der Waals surface area contributed by atoms with Crippen LogP contribution in [0.3, 0.4) is 0 Å². The van der Waals surface area contributed by atoms with Gasteiger partial charge in [0.2, 0.25) is 0 Å². The average molecular weight is 213 g/mol. The normalized spacial score (nSPS) is 10.8. The van der Waals surface area contributed by atoms with Gasteiger partial charge in [0.05, 0.1) is 0 Å². The molecule has 2 aromatic rings. The van der Waals surface area contributed by atoms with Gasteiger partial charge in [0.15, 0.2) is 5.75 Å². The van der Waals surface area contributed by atoms with Gasteiger partial charge in [0.25, 0.3) is 0 Å². The molecule has 0 N–H and O–H groups in total. The maximum atomic E-state index is 11.3. The van der Waals surface area contributed by atoms with Crippen molar-refractivity contribution >= 4 is 10.8 Å². The van der Waals surface area contributed by atoms with E-state index in [2.05, 4.69) is 13.0 Å². The largest absolute Gasteiger partial charge is 0.290 e. The first kappa shape index (κ1) is 11.0. The van der Waals surface area contributed by atoms with Crippen molar-refractivity contribution in [1.29, 1.82) is 0 Å². The highest BCUT2D eigenvalue weighted by Gasteiger charge is 2.01. The molecule has 16 heavy (non-hydrogen) atoms. The van der Waals surface area contributed by atoms with Crippen molar-refractivity contribution < 1.29 is 5.11 Å². The van der Waals surface area contributed by atoms with Crippen LogP contribution in [0, 0.1) is 0 Å². The topological polar surface area (TPSA) is 19.9 Å². The van der Waals surface area contributed by atoms with Crippen LogP contribution in [0.2, 0.25) is 0 Å². The van der Waals surface area contributed by atoms with Crippen LogP contribution in [0.25, 0.3) is 10.8 Å². The summed E-state index contributed by atoms with van der Waals surface area (Å²) in [4.78, 5) is 0. The van der Waals surface area contributed by atoms with Crippen molar-refractivity contribution in [3.05, 3.63) is 42.0 Å². The molecule has 2 rings (SSSR count). The summed E-state index contributed by atoms with van der Waals surface area (Å²) in [5, 5.41) is 13.6. The van der Waals surface area contributed by atoms with Crippen molar-refractivity contribution in [1.82, 2.24) is 0 Å². The molecule has 0 aliphatic rings. The lowest BCUT2D eigenvalue weighted by atomic mass is 9.99. The van der Waals surface area contributed by atoms with Gasteiger partial charge in [-0.2, -0.15) is 0 Å². The molecule has 0 unspecified atom stereocenters. The predicted molar refractivity (Wildman–Crippen MR) is 67.3 cm³/mol. The molecular formula is C15H17O. The second-order valence-electron chi connectivity index (χ2n) is 4.26. The average Bonchev–Trinajstić information content (AvgIpc) is 2.29. The van der Waals surface area contributed by atoms with E-state index in [1.54, 1.807) is 12.1 Å². The number of unbranched alkanes of at least 4 members (excludes halogenated alkanes) is 2. The summed E-state index contributed by atoms with van der Waals surface area (Å²) in [6, 6.07) is 11.6. The van der Waals surface area contributed by atoms with E-state index in [1.807, 2.05) is 18.2 Å². The Bertz CT molecular complexity index is 474. The summed E-state index contributed by atoms with van der Waals surface area (Å²) in [6.07, 6.45) is 4.86. The fourth-order valence-corrected chi connectivity index (χ4v) is 2.11. The highest BCUT2D eigenvalue weighted by atomic mass is 16.3. The van der Waals surface area contributed by atoms with Crippen molar-refractivity contribution in [2.24, 2.45) is 0 Å². The zero-order valence-corrected chi connectivity index (χ0v) is 9.70. The van der Waals surface area contributed by atoms with Crippen LogP contribution in [0.5, 0.6) is 5.75 Å². The van der Waals surface area contributed by atoms with Crippen LogP contribution in [0.4, 0.5) is 0 Å². The highest BCUT2D eigenvalue weighted by Crippen LogP contribution is 2.24. The first-order valence-electron chi connectivity index (χ1n) is 6.00. The summed E-state index contributed by atoms with van der Waals surface area (Å²) >= 11 is 0. The minimum Gasteiger partial charge on any atom is -0.290 e. The molecule has 0 amide bonds. The smallest absolute Gasteiger partial charge is 0.179 e. The predicted octanol–water partition coefficient (Wildman–Crippen LogP) is 4.72.